The second-order valence-electron chi connectivity index (χ2n) is 4.95. The monoisotopic (exact) mass is 214 g/mol. The molecule has 1 amide bonds. The Kier molecular flexibility index (Phi) is 4.11. The molecule has 88 valence electrons. The molecule has 0 saturated heterocycles. The Morgan fingerprint density at radius 3 is 2.53 bits per heavy atom. The molecule has 0 aromatic heterocycles. The van der Waals surface area contributed by atoms with E-state index in [1.165, 1.54) is 0 Å². The fourth-order valence-corrected chi connectivity index (χ4v) is 1.99. The fraction of sp³-hybridized carbons (Fsp3) is 0.909. The van der Waals surface area contributed by atoms with E-state index in [0.29, 0.717) is 0 Å². The molecule has 4 heteroatoms. The van der Waals surface area contributed by atoms with Gasteiger partial charge in [0.1, 0.15) is 0 Å². The zero-order chi connectivity index (χ0) is 11.5. The summed E-state index contributed by atoms with van der Waals surface area (Å²) in [6.45, 7) is 3.51. The fourth-order valence-electron chi connectivity index (χ4n) is 1.99. The maximum atomic E-state index is 11.2. The average molecular weight is 214 g/mol. The number of carbonyl (C=O) groups is 1. The third-order valence-corrected chi connectivity index (χ3v) is 3.14. The molecule has 0 bridgehead atoms. The van der Waals surface area contributed by atoms with E-state index in [1.807, 2.05) is 0 Å². The Morgan fingerprint density at radius 2 is 1.93 bits per heavy atom. The van der Waals surface area contributed by atoms with Crippen molar-refractivity contribution in [2.45, 2.75) is 63.6 Å². The standard InChI is InChI=1S/C11H22N2O2/c1-11(2,10(12)15)13-8-6-4-3-5-7-9(8)14/h8-9,13-14H,3-7H2,1-2H3,(H2,12,15). The molecule has 0 aliphatic heterocycles. The van der Waals surface area contributed by atoms with Crippen LogP contribution in [0.3, 0.4) is 0 Å². The Labute approximate surface area is 91.2 Å². The molecule has 0 heterocycles. The van der Waals surface area contributed by atoms with Gasteiger partial charge in [0.25, 0.3) is 0 Å². The first-order valence-corrected chi connectivity index (χ1v) is 5.69. The van der Waals surface area contributed by atoms with E-state index < -0.39 is 5.54 Å². The van der Waals surface area contributed by atoms with Crippen LogP contribution in [0.4, 0.5) is 0 Å². The van der Waals surface area contributed by atoms with Crippen LogP contribution in [0.1, 0.15) is 46.0 Å². The van der Waals surface area contributed by atoms with Gasteiger partial charge in [0.15, 0.2) is 0 Å². The van der Waals surface area contributed by atoms with Crippen LogP contribution in [-0.2, 0) is 4.79 Å². The number of rotatable bonds is 3. The number of carbonyl (C=O) groups excluding carboxylic acids is 1. The predicted octanol–water partition coefficient (Wildman–Crippen LogP) is 0.533. The largest absolute Gasteiger partial charge is 0.392 e. The molecule has 0 aromatic carbocycles. The second kappa shape index (κ2) is 4.94. The molecular weight excluding hydrogens is 192 g/mol. The van der Waals surface area contributed by atoms with Crippen LogP contribution in [0.2, 0.25) is 0 Å². The summed E-state index contributed by atoms with van der Waals surface area (Å²) in [5.74, 6) is -0.376. The first-order valence-electron chi connectivity index (χ1n) is 5.69. The Morgan fingerprint density at radius 1 is 1.33 bits per heavy atom. The molecule has 1 aliphatic rings. The van der Waals surface area contributed by atoms with Crippen molar-refractivity contribution in [1.29, 1.82) is 0 Å². The van der Waals surface area contributed by atoms with E-state index in [1.54, 1.807) is 13.8 Å². The highest BCUT2D eigenvalue weighted by atomic mass is 16.3. The van der Waals surface area contributed by atoms with Gasteiger partial charge in [-0.1, -0.05) is 19.3 Å². The van der Waals surface area contributed by atoms with Crippen LogP contribution in [0.25, 0.3) is 0 Å². The molecule has 1 saturated carbocycles. The molecule has 0 radical (unpaired) electrons. The van der Waals surface area contributed by atoms with E-state index in [9.17, 15) is 9.90 Å². The van der Waals surface area contributed by atoms with Gasteiger partial charge < -0.3 is 10.8 Å². The molecule has 4 nitrogen and oxygen atoms in total. The highest BCUT2D eigenvalue weighted by molar-refractivity contribution is 5.83. The smallest absolute Gasteiger partial charge is 0.237 e. The number of nitrogens with one attached hydrogen (secondary N) is 1. The first kappa shape index (κ1) is 12.5. The number of amides is 1. The quantitative estimate of drug-likeness (QED) is 0.600. The van der Waals surface area contributed by atoms with Crippen LogP contribution >= 0.6 is 0 Å². The van der Waals surface area contributed by atoms with Crippen molar-refractivity contribution in [3.63, 3.8) is 0 Å². The van der Waals surface area contributed by atoms with E-state index in [-0.39, 0.29) is 18.1 Å². The SMILES string of the molecule is CC(C)(NC1CCCCCC1O)C(N)=O. The molecule has 0 spiro atoms. The number of aliphatic hydroxyl groups is 1. The highest BCUT2D eigenvalue weighted by Gasteiger charge is 2.31. The van der Waals surface area contributed by atoms with Gasteiger partial charge in [0, 0.05) is 6.04 Å². The van der Waals surface area contributed by atoms with E-state index in [2.05, 4.69) is 5.32 Å². The van der Waals surface area contributed by atoms with Crippen molar-refractivity contribution in [1.82, 2.24) is 5.32 Å². The summed E-state index contributed by atoms with van der Waals surface area (Å²) in [6, 6.07) is -0.00463. The van der Waals surface area contributed by atoms with Gasteiger partial charge >= 0.3 is 0 Å². The average Bonchev–Trinajstić information content (AvgIpc) is 2.31. The highest BCUT2D eigenvalue weighted by Crippen LogP contribution is 2.20. The minimum Gasteiger partial charge on any atom is -0.392 e. The number of hydrogen-bond donors (Lipinski definition) is 3. The van der Waals surface area contributed by atoms with Gasteiger partial charge in [-0.15, -0.1) is 0 Å². The van der Waals surface area contributed by atoms with Gasteiger partial charge in [-0.25, -0.2) is 0 Å². The minimum atomic E-state index is -0.740. The van der Waals surface area contributed by atoms with Crippen molar-refractivity contribution < 1.29 is 9.90 Å². The molecule has 4 N–H and O–H groups in total. The van der Waals surface area contributed by atoms with Gasteiger partial charge in [-0.3, -0.25) is 10.1 Å². The van der Waals surface area contributed by atoms with Gasteiger partial charge in [0.2, 0.25) is 5.91 Å². The van der Waals surface area contributed by atoms with Crippen LogP contribution in [-0.4, -0.2) is 28.7 Å². The maximum absolute atomic E-state index is 11.2. The third kappa shape index (κ3) is 3.47. The third-order valence-electron chi connectivity index (χ3n) is 3.14. The summed E-state index contributed by atoms with van der Waals surface area (Å²) < 4.78 is 0. The molecule has 1 rings (SSSR count). The molecule has 1 fully saturated rings. The summed E-state index contributed by atoms with van der Waals surface area (Å²) in [5.41, 5.74) is 4.55. The van der Waals surface area contributed by atoms with Gasteiger partial charge in [-0.2, -0.15) is 0 Å². The van der Waals surface area contributed by atoms with Crippen molar-refractivity contribution in [3.05, 3.63) is 0 Å². The summed E-state index contributed by atoms with van der Waals surface area (Å²) in [7, 11) is 0. The molecule has 1 aliphatic carbocycles. The maximum Gasteiger partial charge on any atom is 0.237 e. The molecule has 15 heavy (non-hydrogen) atoms. The summed E-state index contributed by atoms with van der Waals surface area (Å²) in [6.07, 6.45) is 4.70. The lowest BCUT2D eigenvalue weighted by molar-refractivity contribution is -0.123. The molecular formula is C11H22N2O2. The number of aliphatic hydroxyl groups excluding tert-OH is 1. The van der Waals surface area contributed by atoms with E-state index in [0.717, 1.165) is 32.1 Å². The lowest BCUT2D eigenvalue weighted by atomic mass is 9.98. The predicted molar refractivity (Wildman–Crippen MR) is 59.3 cm³/mol. The van der Waals surface area contributed by atoms with E-state index in [4.69, 9.17) is 5.73 Å². The zero-order valence-electron chi connectivity index (χ0n) is 9.62. The van der Waals surface area contributed by atoms with Crippen LogP contribution < -0.4 is 11.1 Å². The minimum absolute atomic E-state index is 0.00463. The van der Waals surface area contributed by atoms with Crippen LogP contribution in [0.15, 0.2) is 0 Å². The molecule has 2 unspecified atom stereocenters. The van der Waals surface area contributed by atoms with Crippen molar-refractivity contribution >= 4 is 5.91 Å². The number of hydrogen-bond acceptors (Lipinski definition) is 3. The van der Waals surface area contributed by atoms with Crippen molar-refractivity contribution in [2.24, 2.45) is 5.73 Å². The molecule has 2 atom stereocenters. The number of primary amides is 1. The second-order valence-corrected chi connectivity index (χ2v) is 4.95. The van der Waals surface area contributed by atoms with E-state index >= 15 is 0 Å². The first-order chi connectivity index (χ1) is 6.93. The van der Waals surface area contributed by atoms with Gasteiger partial charge in [0.05, 0.1) is 11.6 Å². The number of nitrogens with two attached hydrogens (primary N) is 1. The lowest BCUT2D eigenvalue weighted by Crippen LogP contribution is -2.57. The Hall–Kier alpha value is -0.610. The van der Waals surface area contributed by atoms with Gasteiger partial charge in [-0.05, 0) is 26.7 Å². The van der Waals surface area contributed by atoms with Crippen molar-refractivity contribution in [2.75, 3.05) is 0 Å². The Bertz CT molecular complexity index is 229. The summed E-state index contributed by atoms with van der Waals surface area (Å²) in [5, 5.41) is 13.0. The lowest BCUT2D eigenvalue weighted by Gasteiger charge is -2.31. The van der Waals surface area contributed by atoms with Crippen LogP contribution in [0, 0.1) is 0 Å². The van der Waals surface area contributed by atoms with Crippen molar-refractivity contribution in [3.8, 4) is 0 Å². The molecule has 0 aromatic rings. The summed E-state index contributed by atoms with van der Waals surface area (Å²) in [4.78, 5) is 11.2. The van der Waals surface area contributed by atoms with Crippen LogP contribution in [0.5, 0.6) is 0 Å². The topological polar surface area (TPSA) is 75.3 Å². The zero-order valence-corrected chi connectivity index (χ0v) is 9.62. The summed E-state index contributed by atoms with van der Waals surface area (Å²) >= 11 is 0. The Balaban J connectivity index is 2.58. The normalized spacial score (nSPS) is 28.5.